The highest BCUT2D eigenvalue weighted by Crippen LogP contribution is 2.33. The van der Waals surface area contributed by atoms with Crippen LogP contribution in [0, 0.1) is 0 Å². The molecule has 0 radical (unpaired) electrons. The van der Waals surface area contributed by atoms with Gasteiger partial charge in [-0.2, -0.15) is 0 Å². The van der Waals surface area contributed by atoms with E-state index in [2.05, 4.69) is 17.6 Å². The number of carbonyl (C=O) groups excluding carboxylic acids is 3. The Bertz CT molecular complexity index is 979. The molecule has 2 aromatic rings. The number of methoxy groups -OCH3 is 1. The number of rotatable bonds is 10. The molecule has 3 rings (SSSR count). The van der Waals surface area contributed by atoms with Crippen molar-refractivity contribution in [3.8, 4) is 11.5 Å². The van der Waals surface area contributed by atoms with E-state index in [0.717, 1.165) is 17.7 Å². The molecule has 2 aromatic carbocycles. The zero-order chi connectivity index (χ0) is 23.1. The Labute approximate surface area is 187 Å². The first-order valence-electron chi connectivity index (χ1n) is 10.8. The van der Waals surface area contributed by atoms with Gasteiger partial charge < -0.3 is 20.1 Å². The number of hydrogen-bond acceptors (Lipinski definition) is 5. The molecule has 1 aliphatic heterocycles. The molecule has 0 spiro atoms. The highest BCUT2D eigenvalue weighted by molar-refractivity contribution is 6.10. The van der Waals surface area contributed by atoms with Crippen LogP contribution in [0.5, 0.6) is 11.5 Å². The van der Waals surface area contributed by atoms with Crippen molar-refractivity contribution in [2.24, 2.45) is 0 Å². The van der Waals surface area contributed by atoms with E-state index < -0.39 is 29.9 Å². The summed E-state index contributed by atoms with van der Waals surface area (Å²) in [6.07, 6.45) is 2.22. The molecule has 1 fully saturated rings. The molecule has 1 atom stereocenters. The lowest BCUT2D eigenvalue weighted by Crippen LogP contribution is -2.44. The van der Waals surface area contributed by atoms with Crippen molar-refractivity contribution in [3.05, 3.63) is 54.1 Å². The van der Waals surface area contributed by atoms with Crippen LogP contribution >= 0.6 is 0 Å². The van der Waals surface area contributed by atoms with Crippen LogP contribution in [0.3, 0.4) is 0 Å². The first-order chi connectivity index (χ1) is 15.4. The average Bonchev–Trinajstić information content (AvgIpc) is 3.05. The monoisotopic (exact) mass is 439 g/mol. The Morgan fingerprint density at radius 2 is 1.88 bits per heavy atom. The molecule has 0 bridgehead atoms. The van der Waals surface area contributed by atoms with Crippen LogP contribution in [0.4, 0.5) is 10.5 Å². The van der Waals surface area contributed by atoms with Gasteiger partial charge in [0.1, 0.15) is 23.6 Å². The Balaban J connectivity index is 1.76. The lowest BCUT2D eigenvalue weighted by atomic mass is 9.87. The molecule has 8 nitrogen and oxygen atoms in total. The summed E-state index contributed by atoms with van der Waals surface area (Å²) >= 11 is 0. The van der Waals surface area contributed by atoms with Crippen molar-refractivity contribution in [1.82, 2.24) is 10.2 Å². The Kier molecular flexibility index (Phi) is 7.35. The quantitative estimate of drug-likeness (QED) is 0.435. The molecule has 2 N–H and O–H groups in total. The summed E-state index contributed by atoms with van der Waals surface area (Å²) in [6.45, 7) is 3.98. The normalized spacial score (nSPS) is 17.8. The second-order valence-electron chi connectivity index (χ2n) is 7.56. The molecule has 1 heterocycles. The molecule has 0 saturated carbocycles. The van der Waals surface area contributed by atoms with E-state index in [0.29, 0.717) is 35.8 Å². The fourth-order valence-electron chi connectivity index (χ4n) is 3.65. The Morgan fingerprint density at radius 3 is 2.53 bits per heavy atom. The highest BCUT2D eigenvalue weighted by Gasteiger charge is 2.51. The number of anilines is 1. The molecule has 0 aromatic heterocycles. The first-order valence-corrected chi connectivity index (χ1v) is 10.8. The van der Waals surface area contributed by atoms with Crippen LogP contribution in [0.1, 0.15) is 38.7 Å². The van der Waals surface area contributed by atoms with Crippen LogP contribution in [0.2, 0.25) is 0 Å². The number of nitrogens with zero attached hydrogens (tertiary/aromatic N) is 1. The number of imide groups is 1. The highest BCUT2D eigenvalue weighted by atomic mass is 16.5. The number of unbranched alkanes of at least 4 members (excludes halogenated alkanes) is 1. The summed E-state index contributed by atoms with van der Waals surface area (Å²) in [7, 11) is 1.53. The van der Waals surface area contributed by atoms with E-state index in [4.69, 9.17) is 9.47 Å². The van der Waals surface area contributed by atoms with Crippen molar-refractivity contribution in [1.29, 1.82) is 0 Å². The van der Waals surface area contributed by atoms with Crippen molar-refractivity contribution < 1.29 is 23.9 Å². The second-order valence-corrected chi connectivity index (χ2v) is 7.56. The predicted molar refractivity (Wildman–Crippen MR) is 121 cm³/mol. The van der Waals surface area contributed by atoms with Crippen LogP contribution < -0.4 is 20.1 Å². The maximum absolute atomic E-state index is 13.2. The smallest absolute Gasteiger partial charge is 0.325 e. The molecule has 170 valence electrons. The van der Waals surface area contributed by atoms with E-state index in [1.807, 2.05) is 25.1 Å². The van der Waals surface area contributed by atoms with Crippen molar-refractivity contribution in [2.75, 3.05) is 25.6 Å². The van der Waals surface area contributed by atoms with Crippen molar-refractivity contribution >= 4 is 23.5 Å². The number of nitrogens with one attached hydrogen (secondary N) is 2. The lowest BCUT2D eigenvalue weighted by molar-refractivity contribution is -0.134. The van der Waals surface area contributed by atoms with E-state index in [-0.39, 0.29) is 0 Å². The van der Waals surface area contributed by atoms with Gasteiger partial charge in [0.15, 0.2) is 0 Å². The maximum atomic E-state index is 13.2. The molecular weight excluding hydrogens is 410 g/mol. The predicted octanol–water partition coefficient (Wildman–Crippen LogP) is 3.67. The molecular formula is C24H29N3O5. The third-order valence-electron chi connectivity index (χ3n) is 5.49. The summed E-state index contributed by atoms with van der Waals surface area (Å²) in [6, 6.07) is 13.6. The van der Waals surface area contributed by atoms with Crippen LogP contribution in [-0.2, 0) is 15.1 Å². The molecule has 1 aliphatic rings. The summed E-state index contributed by atoms with van der Waals surface area (Å²) in [5.41, 5.74) is -0.0753. The minimum Gasteiger partial charge on any atom is -0.497 e. The number of amides is 4. The number of carbonyl (C=O) groups is 3. The molecule has 4 amide bonds. The Morgan fingerprint density at radius 1 is 1.12 bits per heavy atom. The summed E-state index contributed by atoms with van der Waals surface area (Å²) in [5, 5.41) is 5.53. The topological polar surface area (TPSA) is 97.0 Å². The van der Waals surface area contributed by atoms with Crippen molar-refractivity contribution in [3.63, 3.8) is 0 Å². The molecule has 1 saturated heterocycles. The largest absolute Gasteiger partial charge is 0.497 e. The van der Waals surface area contributed by atoms with Crippen LogP contribution in [0.25, 0.3) is 0 Å². The molecule has 8 heteroatoms. The van der Waals surface area contributed by atoms with E-state index >= 15 is 0 Å². The fourth-order valence-corrected chi connectivity index (χ4v) is 3.65. The van der Waals surface area contributed by atoms with Gasteiger partial charge in [0.05, 0.1) is 19.4 Å². The SMILES string of the molecule is CCCCOc1ccc(OC)cc1NC(=O)CN1C(=O)NC(CC)(c2ccccc2)C1=O. The fraction of sp³-hybridized carbons (Fsp3) is 0.375. The number of urea groups is 1. The third kappa shape index (κ3) is 4.69. The van der Waals surface area contributed by atoms with Gasteiger partial charge in [-0.1, -0.05) is 50.6 Å². The lowest BCUT2D eigenvalue weighted by Gasteiger charge is -2.25. The molecule has 1 unspecified atom stereocenters. The summed E-state index contributed by atoms with van der Waals surface area (Å²) < 4.78 is 11.0. The Hall–Kier alpha value is -3.55. The van der Waals surface area contributed by atoms with Crippen LogP contribution in [-0.4, -0.2) is 43.0 Å². The molecule has 0 aliphatic carbocycles. The van der Waals surface area contributed by atoms with Crippen LogP contribution in [0.15, 0.2) is 48.5 Å². The average molecular weight is 440 g/mol. The van der Waals surface area contributed by atoms with E-state index in [1.165, 1.54) is 7.11 Å². The van der Waals surface area contributed by atoms with Gasteiger partial charge >= 0.3 is 6.03 Å². The second kappa shape index (κ2) is 10.2. The zero-order valence-electron chi connectivity index (χ0n) is 18.6. The van der Waals surface area contributed by atoms with Crippen molar-refractivity contribution in [2.45, 2.75) is 38.6 Å². The molecule has 32 heavy (non-hydrogen) atoms. The van der Waals surface area contributed by atoms with Gasteiger partial charge in [0, 0.05) is 6.07 Å². The summed E-state index contributed by atoms with van der Waals surface area (Å²) in [5.74, 6) is 0.0858. The van der Waals surface area contributed by atoms with E-state index in [9.17, 15) is 14.4 Å². The van der Waals surface area contributed by atoms with Gasteiger partial charge in [0.25, 0.3) is 5.91 Å². The standard InChI is InChI=1S/C24H29N3O5/c1-4-6-14-32-20-13-12-18(31-3)15-19(20)25-21(28)16-27-22(29)24(5-2,26-23(27)30)17-10-8-7-9-11-17/h7-13,15H,4-6,14,16H2,1-3H3,(H,25,28)(H,26,30). The van der Waals surface area contributed by atoms with Gasteiger partial charge in [-0.05, 0) is 30.5 Å². The number of hydrogen-bond donors (Lipinski definition) is 2. The minimum absolute atomic E-state index is 0.366. The summed E-state index contributed by atoms with van der Waals surface area (Å²) in [4.78, 5) is 39.6. The van der Waals surface area contributed by atoms with Gasteiger partial charge in [0.2, 0.25) is 5.91 Å². The van der Waals surface area contributed by atoms with Gasteiger partial charge in [-0.3, -0.25) is 14.5 Å². The number of benzene rings is 2. The zero-order valence-corrected chi connectivity index (χ0v) is 18.6. The maximum Gasteiger partial charge on any atom is 0.325 e. The van der Waals surface area contributed by atoms with Gasteiger partial charge in [-0.15, -0.1) is 0 Å². The van der Waals surface area contributed by atoms with Gasteiger partial charge in [-0.25, -0.2) is 4.79 Å². The minimum atomic E-state index is -1.18. The third-order valence-corrected chi connectivity index (χ3v) is 5.49. The van der Waals surface area contributed by atoms with E-state index in [1.54, 1.807) is 30.3 Å². The number of ether oxygens (including phenoxy) is 2. The first kappa shape index (κ1) is 23.1.